The predicted molar refractivity (Wildman–Crippen MR) is 285 cm³/mol. The lowest BCUT2D eigenvalue weighted by Gasteiger charge is -2.30. The number of fused-ring (bicyclic) bond motifs is 10. The van der Waals surface area contributed by atoms with E-state index >= 15 is 0 Å². The van der Waals surface area contributed by atoms with Gasteiger partial charge in [0.25, 0.3) is 0 Å². The van der Waals surface area contributed by atoms with E-state index in [-0.39, 0.29) is 5.41 Å². The van der Waals surface area contributed by atoms with Crippen LogP contribution in [0.4, 0.5) is 0 Å². The Labute approximate surface area is 387 Å². The van der Waals surface area contributed by atoms with E-state index in [1.807, 2.05) is 45.9 Å². The lowest BCUT2D eigenvalue weighted by atomic mass is 9.72. The highest BCUT2D eigenvalue weighted by atomic mass is 14.7. The van der Waals surface area contributed by atoms with Crippen molar-refractivity contribution in [3.8, 4) is 11.1 Å². The zero-order valence-electron chi connectivity index (χ0n) is 40.3. The first-order valence-electron chi connectivity index (χ1n) is 23.7. The molecule has 0 aliphatic heterocycles. The Bertz CT molecular complexity index is 2540. The molecule has 64 heavy (non-hydrogen) atoms. The Kier molecular flexibility index (Phi) is 21.3. The van der Waals surface area contributed by atoms with E-state index in [2.05, 4.69) is 214 Å². The molecule has 0 fully saturated rings. The number of aromatic amines is 1. The van der Waals surface area contributed by atoms with Gasteiger partial charge >= 0.3 is 0 Å². The molecular formula is C62H74N2. The topological polar surface area (TPSA) is 41.8 Å². The molecule has 0 saturated carbocycles. The van der Waals surface area contributed by atoms with Crippen molar-refractivity contribution in [1.82, 2.24) is 4.98 Å². The zero-order chi connectivity index (χ0) is 46.2. The Morgan fingerprint density at radius 2 is 1.16 bits per heavy atom. The molecule has 8 aromatic rings. The Balaban J connectivity index is 0.000000225. The number of benzene rings is 7. The van der Waals surface area contributed by atoms with Crippen LogP contribution in [0.2, 0.25) is 0 Å². The van der Waals surface area contributed by atoms with E-state index in [9.17, 15) is 0 Å². The lowest BCUT2D eigenvalue weighted by Crippen LogP contribution is -2.23. The van der Waals surface area contributed by atoms with E-state index in [1.165, 1.54) is 97.3 Å². The van der Waals surface area contributed by atoms with Crippen molar-refractivity contribution in [2.45, 2.75) is 99.3 Å². The van der Waals surface area contributed by atoms with Gasteiger partial charge in [-0.2, -0.15) is 0 Å². The van der Waals surface area contributed by atoms with Gasteiger partial charge in [-0.25, -0.2) is 0 Å². The van der Waals surface area contributed by atoms with Crippen LogP contribution >= 0.6 is 0 Å². The van der Waals surface area contributed by atoms with Crippen LogP contribution in [0.3, 0.4) is 0 Å². The number of aromatic nitrogens is 1. The molecule has 1 atom stereocenters. The SMILES string of the molecule is C/C=C\CCC.CC.CC.CC1(c2ccccc2)c2ccccc2-c2c3c(c4[nH]c5ccccc5c4c21)CCC=C3.CN.Cc1ccccc1.c1ccc(CCc2ccccc2)cc1. The number of para-hydroxylation sites is 1. The molecule has 1 aromatic heterocycles. The van der Waals surface area contributed by atoms with Crippen LogP contribution in [0.25, 0.3) is 39.0 Å². The summed E-state index contributed by atoms with van der Waals surface area (Å²) in [6.07, 6.45) is 15.9. The molecule has 0 spiro atoms. The van der Waals surface area contributed by atoms with Gasteiger partial charge in [0, 0.05) is 21.7 Å². The minimum absolute atomic E-state index is 0.198. The summed E-state index contributed by atoms with van der Waals surface area (Å²) in [6, 6.07) is 60.4. The minimum Gasteiger partial charge on any atom is -0.354 e. The van der Waals surface area contributed by atoms with Gasteiger partial charge in [0.15, 0.2) is 0 Å². The van der Waals surface area contributed by atoms with Crippen LogP contribution in [0.15, 0.2) is 188 Å². The Hall–Kier alpha value is -6.22. The number of H-pyrrole nitrogens is 1. The van der Waals surface area contributed by atoms with Crippen molar-refractivity contribution in [3.63, 3.8) is 0 Å². The smallest absolute Gasteiger partial charge is 0.0507 e. The third kappa shape index (κ3) is 12.3. The second kappa shape index (κ2) is 27.1. The average Bonchev–Trinajstić information content (AvgIpc) is 3.90. The van der Waals surface area contributed by atoms with Crippen molar-refractivity contribution in [2.24, 2.45) is 5.73 Å². The standard InChI is InChI=1S/C30H23N.C14H14.C7H8.C6H12.2C2H6.CH5N/c1-30(19-11-3-2-4-12-19)24-17-9-7-15-22(24)26-20-13-5-6-14-21(20)29-27(28(26)30)23-16-8-10-18-25(23)31-29;1-3-7-13(8-4-1)11-12-14-9-5-2-6-10-14;1-7-5-3-2-4-6-7;1-3-5-6-4-2;3*1-2/h2-5,7-13,15-18,31H,6,14H2,1H3;1-10H,11-12H2;2-6H,1H3;3,5H,4,6H2,1-2H3;2*1-2H3;2H2,1H3/b;;;5-3-;;;. The summed E-state index contributed by atoms with van der Waals surface area (Å²) < 4.78 is 0. The van der Waals surface area contributed by atoms with Gasteiger partial charge in [0.1, 0.15) is 0 Å². The number of hydrogen-bond donors (Lipinski definition) is 2. The van der Waals surface area contributed by atoms with Crippen LogP contribution in [0.5, 0.6) is 0 Å². The number of hydrogen-bond acceptors (Lipinski definition) is 1. The van der Waals surface area contributed by atoms with Crippen LogP contribution in [-0.2, 0) is 24.7 Å². The van der Waals surface area contributed by atoms with E-state index in [0.29, 0.717) is 0 Å². The summed E-state index contributed by atoms with van der Waals surface area (Å²) in [5.74, 6) is 0. The van der Waals surface area contributed by atoms with Crippen molar-refractivity contribution in [2.75, 3.05) is 7.05 Å². The molecule has 332 valence electrons. The number of rotatable bonds is 6. The van der Waals surface area contributed by atoms with Gasteiger partial charge in [0.2, 0.25) is 0 Å². The van der Waals surface area contributed by atoms with Gasteiger partial charge in [0.05, 0.1) is 5.52 Å². The molecule has 3 N–H and O–H groups in total. The molecule has 1 unspecified atom stereocenters. The predicted octanol–water partition coefficient (Wildman–Crippen LogP) is 17.1. The van der Waals surface area contributed by atoms with Crippen molar-refractivity contribution < 1.29 is 0 Å². The van der Waals surface area contributed by atoms with Crippen LogP contribution < -0.4 is 5.73 Å². The monoisotopic (exact) mass is 847 g/mol. The van der Waals surface area contributed by atoms with E-state index < -0.39 is 0 Å². The summed E-state index contributed by atoms with van der Waals surface area (Å²) in [6.45, 7) is 16.7. The lowest BCUT2D eigenvalue weighted by molar-refractivity contribution is 0.720. The fourth-order valence-electron chi connectivity index (χ4n) is 8.61. The molecule has 7 aromatic carbocycles. The highest BCUT2D eigenvalue weighted by Crippen LogP contribution is 2.58. The van der Waals surface area contributed by atoms with Crippen molar-refractivity contribution >= 4 is 27.9 Å². The molecule has 2 nitrogen and oxygen atoms in total. The number of nitrogens with two attached hydrogens (primary N) is 1. The summed E-state index contributed by atoms with van der Waals surface area (Å²) in [5, 5.41) is 2.74. The molecule has 10 rings (SSSR count). The Morgan fingerprint density at radius 1 is 0.641 bits per heavy atom. The molecule has 2 aliphatic carbocycles. The molecule has 0 amide bonds. The normalized spacial score (nSPS) is 13.5. The first-order chi connectivity index (χ1) is 31.5. The van der Waals surface area contributed by atoms with Crippen LogP contribution in [0, 0.1) is 6.92 Å². The summed E-state index contributed by atoms with van der Waals surface area (Å²) >= 11 is 0. The fraction of sp³-hybridized carbons (Fsp3) is 0.258. The number of allylic oxidation sites excluding steroid dienone is 3. The summed E-state index contributed by atoms with van der Waals surface area (Å²) in [7, 11) is 1.50. The van der Waals surface area contributed by atoms with Crippen LogP contribution in [0.1, 0.15) is 112 Å². The van der Waals surface area contributed by atoms with Gasteiger partial charge < -0.3 is 10.7 Å². The molecular weight excluding hydrogens is 773 g/mol. The molecule has 0 saturated heterocycles. The van der Waals surface area contributed by atoms with Gasteiger partial charge in [-0.1, -0.05) is 235 Å². The maximum absolute atomic E-state index is 4.50. The molecule has 2 aliphatic rings. The molecule has 0 bridgehead atoms. The first kappa shape index (κ1) is 50.4. The second-order valence-electron chi connectivity index (χ2n) is 15.5. The summed E-state index contributed by atoms with van der Waals surface area (Å²) in [5.41, 5.74) is 20.9. The van der Waals surface area contributed by atoms with E-state index in [0.717, 1.165) is 25.7 Å². The summed E-state index contributed by atoms with van der Waals surface area (Å²) in [4.78, 5) is 3.82. The fourth-order valence-corrected chi connectivity index (χ4v) is 8.61. The molecule has 1 heterocycles. The number of aryl methyl sites for hydroxylation is 4. The molecule has 0 radical (unpaired) electrons. The second-order valence-corrected chi connectivity index (χ2v) is 15.5. The Morgan fingerprint density at radius 3 is 1.69 bits per heavy atom. The highest BCUT2D eigenvalue weighted by molar-refractivity contribution is 6.16. The van der Waals surface area contributed by atoms with Gasteiger partial charge in [-0.05, 0) is 116 Å². The maximum Gasteiger partial charge on any atom is 0.0507 e. The number of unbranched alkanes of at least 4 members (excludes halogenated alkanes) is 1. The van der Waals surface area contributed by atoms with Crippen LogP contribution in [-0.4, -0.2) is 12.0 Å². The third-order valence-electron chi connectivity index (χ3n) is 11.6. The van der Waals surface area contributed by atoms with Gasteiger partial charge in [-0.15, -0.1) is 0 Å². The molecule has 2 heteroatoms. The van der Waals surface area contributed by atoms with Gasteiger partial charge in [-0.3, -0.25) is 0 Å². The van der Waals surface area contributed by atoms with Crippen molar-refractivity contribution in [3.05, 3.63) is 233 Å². The van der Waals surface area contributed by atoms with Crippen molar-refractivity contribution in [1.29, 1.82) is 0 Å². The minimum atomic E-state index is -0.198. The first-order valence-corrected chi connectivity index (χ1v) is 23.7. The quantitative estimate of drug-likeness (QED) is 0.161. The van der Waals surface area contributed by atoms with E-state index in [4.69, 9.17) is 0 Å². The number of nitrogens with one attached hydrogen (secondary N) is 1. The zero-order valence-corrected chi connectivity index (χ0v) is 40.3. The highest BCUT2D eigenvalue weighted by Gasteiger charge is 2.44. The average molecular weight is 847 g/mol. The maximum atomic E-state index is 4.50. The van der Waals surface area contributed by atoms with E-state index in [1.54, 1.807) is 0 Å². The largest absolute Gasteiger partial charge is 0.354 e. The third-order valence-corrected chi connectivity index (χ3v) is 11.6.